The van der Waals surface area contributed by atoms with E-state index in [1.54, 1.807) is 13.4 Å². The predicted octanol–water partition coefficient (Wildman–Crippen LogP) is 3.47. The molecule has 2 heterocycles. The fraction of sp³-hybridized carbons (Fsp3) is 0.444. The van der Waals surface area contributed by atoms with Gasteiger partial charge in [0.25, 0.3) is 0 Å². The molecule has 1 aromatic heterocycles. The van der Waals surface area contributed by atoms with Gasteiger partial charge < -0.3 is 13.9 Å². The first-order chi connectivity index (χ1) is 10.8. The highest BCUT2D eigenvalue weighted by atomic mass is 16.5. The lowest BCUT2D eigenvalue weighted by atomic mass is 10.1. The van der Waals surface area contributed by atoms with Gasteiger partial charge in [0.2, 0.25) is 0 Å². The van der Waals surface area contributed by atoms with Crippen LogP contribution in [0, 0.1) is 0 Å². The smallest absolute Gasteiger partial charge is 0.123 e. The van der Waals surface area contributed by atoms with Gasteiger partial charge in [0, 0.05) is 37.4 Å². The molecule has 0 bridgehead atoms. The highest BCUT2D eigenvalue weighted by Crippen LogP contribution is 2.22. The molecule has 4 nitrogen and oxygen atoms in total. The molecule has 22 heavy (non-hydrogen) atoms. The highest BCUT2D eigenvalue weighted by Gasteiger charge is 2.20. The summed E-state index contributed by atoms with van der Waals surface area (Å²) < 4.78 is 16.5. The molecule has 0 spiro atoms. The van der Waals surface area contributed by atoms with Gasteiger partial charge >= 0.3 is 0 Å². The van der Waals surface area contributed by atoms with Gasteiger partial charge in [-0.2, -0.15) is 0 Å². The summed E-state index contributed by atoms with van der Waals surface area (Å²) in [5.74, 6) is 0.937. The van der Waals surface area contributed by atoms with Crippen molar-refractivity contribution < 1.29 is 13.9 Å². The Morgan fingerprint density at radius 3 is 2.86 bits per heavy atom. The van der Waals surface area contributed by atoms with Gasteiger partial charge in [-0.05, 0) is 25.0 Å². The van der Waals surface area contributed by atoms with Gasteiger partial charge in [0.1, 0.15) is 5.75 Å². The largest absolute Gasteiger partial charge is 0.496 e. The van der Waals surface area contributed by atoms with Crippen LogP contribution in [0.4, 0.5) is 0 Å². The van der Waals surface area contributed by atoms with Crippen LogP contribution < -0.4 is 4.74 Å². The van der Waals surface area contributed by atoms with Crippen molar-refractivity contribution in [1.82, 2.24) is 4.90 Å². The maximum atomic E-state index is 5.80. The zero-order valence-electron chi connectivity index (χ0n) is 13.0. The van der Waals surface area contributed by atoms with Gasteiger partial charge in [-0.25, -0.2) is 0 Å². The quantitative estimate of drug-likeness (QED) is 0.784. The maximum Gasteiger partial charge on any atom is 0.123 e. The van der Waals surface area contributed by atoms with Gasteiger partial charge in [-0.15, -0.1) is 0 Å². The van der Waals surface area contributed by atoms with Gasteiger partial charge in [0.15, 0.2) is 0 Å². The molecular weight excluding hydrogens is 278 g/mol. The highest BCUT2D eigenvalue weighted by molar-refractivity contribution is 5.33. The molecule has 1 aliphatic rings. The molecule has 1 unspecified atom stereocenters. The molecule has 3 rings (SSSR count). The number of para-hydroxylation sites is 1. The van der Waals surface area contributed by atoms with E-state index in [1.807, 2.05) is 24.5 Å². The van der Waals surface area contributed by atoms with Crippen molar-refractivity contribution in [2.24, 2.45) is 0 Å². The first-order valence-electron chi connectivity index (χ1n) is 7.82. The molecule has 0 saturated carbocycles. The predicted molar refractivity (Wildman–Crippen MR) is 84.8 cm³/mol. The third kappa shape index (κ3) is 3.90. The maximum absolute atomic E-state index is 5.80. The van der Waals surface area contributed by atoms with Gasteiger partial charge in [0.05, 0.1) is 25.7 Å². The molecule has 4 heteroatoms. The lowest BCUT2D eigenvalue weighted by molar-refractivity contribution is 0.0675. The summed E-state index contributed by atoms with van der Waals surface area (Å²) in [7, 11) is 1.72. The molecule has 2 aromatic rings. The number of nitrogens with zero attached hydrogens (tertiary/aromatic N) is 1. The number of ether oxygens (including phenoxy) is 2. The van der Waals surface area contributed by atoms with E-state index in [1.165, 1.54) is 17.5 Å². The monoisotopic (exact) mass is 301 g/mol. The fourth-order valence-electron chi connectivity index (χ4n) is 2.98. The molecule has 1 aromatic carbocycles. The molecule has 0 radical (unpaired) electrons. The summed E-state index contributed by atoms with van der Waals surface area (Å²) in [6.07, 6.45) is 6.18. The minimum absolute atomic E-state index is 0.335. The lowest BCUT2D eigenvalue weighted by Gasteiger charge is -2.25. The van der Waals surface area contributed by atoms with E-state index < -0.39 is 0 Å². The van der Waals surface area contributed by atoms with Crippen LogP contribution in [0.25, 0.3) is 0 Å². The Bertz CT molecular complexity index is 561. The van der Waals surface area contributed by atoms with Gasteiger partial charge in [-0.1, -0.05) is 18.2 Å². The van der Waals surface area contributed by atoms with Crippen LogP contribution in [0.5, 0.6) is 5.75 Å². The van der Waals surface area contributed by atoms with Crippen LogP contribution in [0.15, 0.2) is 47.3 Å². The Kier molecular flexibility index (Phi) is 5.14. The van der Waals surface area contributed by atoms with Gasteiger partial charge in [-0.3, -0.25) is 4.90 Å². The molecular formula is C18H23NO3. The zero-order chi connectivity index (χ0) is 15.2. The third-order valence-corrected chi connectivity index (χ3v) is 4.06. The number of rotatable bonds is 7. The average molecular weight is 301 g/mol. The fourth-order valence-corrected chi connectivity index (χ4v) is 2.98. The molecule has 1 fully saturated rings. The van der Waals surface area contributed by atoms with E-state index in [0.717, 1.165) is 38.4 Å². The van der Waals surface area contributed by atoms with E-state index in [2.05, 4.69) is 17.0 Å². The molecule has 1 atom stereocenters. The third-order valence-electron chi connectivity index (χ3n) is 4.06. The molecule has 1 saturated heterocycles. The van der Waals surface area contributed by atoms with Crippen molar-refractivity contribution in [3.8, 4) is 5.75 Å². The van der Waals surface area contributed by atoms with E-state index in [0.29, 0.717) is 6.10 Å². The Labute approximate surface area is 131 Å². The summed E-state index contributed by atoms with van der Waals surface area (Å²) >= 11 is 0. The van der Waals surface area contributed by atoms with Crippen LogP contribution in [0.1, 0.15) is 24.0 Å². The number of benzene rings is 1. The van der Waals surface area contributed by atoms with E-state index in [9.17, 15) is 0 Å². The van der Waals surface area contributed by atoms with Crippen molar-refractivity contribution in [1.29, 1.82) is 0 Å². The average Bonchev–Trinajstić information content (AvgIpc) is 3.21. The topological polar surface area (TPSA) is 34.8 Å². The first kappa shape index (κ1) is 15.1. The summed E-state index contributed by atoms with van der Waals surface area (Å²) in [5.41, 5.74) is 2.39. The minimum Gasteiger partial charge on any atom is -0.496 e. The molecule has 0 aliphatic carbocycles. The number of hydrogen-bond donors (Lipinski definition) is 0. The van der Waals surface area contributed by atoms with Crippen LogP contribution in [-0.4, -0.2) is 31.3 Å². The van der Waals surface area contributed by atoms with Crippen LogP contribution in [0.3, 0.4) is 0 Å². The zero-order valence-corrected chi connectivity index (χ0v) is 13.0. The Balaban J connectivity index is 1.71. The standard InChI is InChI=1S/C18H23NO3/c1-20-18-7-3-2-5-16(18)12-19(11-15-8-10-21-14-15)13-17-6-4-9-22-17/h2-3,5,7-8,10,14,17H,4,6,9,11-13H2,1H3. The lowest BCUT2D eigenvalue weighted by Crippen LogP contribution is -2.31. The first-order valence-corrected chi connectivity index (χ1v) is 7.82. The second kappa shape index (κ2) is 7.47. The number of hydrogen-bond acceptors (Lipinski definition) is 4. The Hall–Kier alpha value is -1.78. The molecule has 0 amide bonds. The van der Waals surface area contributed by atoms with Crippen molar-refractivity contribution in [3.05, 3.63) is 54.0 Å². The van der Waals surface area contributed by atoms with Crippen molar-refractivity contribution in [3.63, 3.8) is 0 Å². The summed E-state index contributed by atoms with van der Waals surface area (Å²) in [5, 5.41) is 0. The second-order valence-corrected chi connectivity index (χ2v) is 5.75. The SMILES string of the molecule is COc1ccccc1CN(Cc1ccoc1)CC1CCCO1. The van der Waals surface area contributed by atoms with E-state index >= 15 is 0 Å². The molecule has 0 N–H and O–H groups in total. The number of furan rings is 1. The molecule has 1 aliphatic heterocycles. The van der Waals surface area contributed by atoms with Crippen molar-refractivity contribution in [2.75, 3.05) is 20.3 Å². The van der Waals surface area contributed by atoms with Crippen molar-refractivity contribution >= 4 is 0 Å². The van der Waals surface area contributed by atoms with Crippen molar-refractivity contribution in [2.45, 2.75) is 32.0 Å². The summed E-state index contributed by atoms with van der Waals surface area (Å²) in [6, 6.07) is 10.2. The van der Waals surface area contributed by atoms with Crippen LogP contribution >= 0.6 is 0 Å². The van der Waals surface area contributed by atoms with Crippen LogP contribution in [-0.2, 0) is 17.8 Å². The Morgan fingerprint density at radius 1 is 1.23 bits per heavy atom. The normalized spacial score (nSPS) is 18.0. The van der Waals surface area contributed by atoms with Crippen LogP contribution in [0.2, 0.25) is 0 Å². The second-order valence-electron chi connectivity index (χ2n) is 5.75. The Morgan fingerprint density at radius 2 is 2.14 bits per heavy atom. The summed E-state index contributed by atoms with van der Waals surface area (Å²) in [6.45, 7) is 3.52. The summed E-state index contributed by atoms with van der Waals surface area (Å²) in [4.78, 5) is 2.40. The van der Waals surface area contributed by atoms with E-state index in [-0.39, 0.29) is 0 Å². The minimum atomic E-state index is 0.335. The van der Waals surface area contributed by atoms with E-state index in [4.69, 9.17) is 13.9 Å². The molecule has 118 valence electrons. The number of methoxy groups -OCH3 is 1.